The molecule has 0 saturated carbocycles. The summed E-state index contributed by atoms with van der Waals surface area (Å²) in [5.74, 6) is -1.24. The van der Waals surface area contributed by atoms with Crippen molar-refractivity contribution in [2.75, 3.05) is 11.9 Å². The summed E-state index contributed by atoms with van der Waals surface area (Å²) >= 11 is 0. The summed E-state index contributed by atoms with van der Waals surface area (Å²) in [5, 5.41) is 2.82. The Morgan fingerprint density at radius 2 is 1.95 bits per heavy atom. The van der Waals surface area contributed by atoms with Crippen molar-refractivity contribution in [1.82, 2.24) is 0 Å². The van der Waals surface area contributed by atoms with Gasteiger partial charge in [-0.3, -0.25) is 4.79 Å². The van der Waals surface area contributed by atoms with Crippen LogP contribution < -0.4 is 5.32 Å². The smallest absolute Gasteiger partial charge is 0.348 e. The average molecular weight is 301 g/mol. The van der Waals surface area contributed by atoms with Gasteiger partial charge in [-0.1, -0.05) is 0 Å². The van der Waals surface area contributed by atoms with Crippen molar-refractivity contribution in [1.29, 1.82) is 0 Å². The van der Waals surface area contributed by atoms with Crippen molar-refractivity contribution < 1.29 is 23.9 Å². The van der Waals surface area contributed by atoms with E-state index in [0.717, 1.165) is 0 Å². The monoisotopic (exact) mass is 301 g/mol. The van der Waals surface area contributed by atoms with Gasteiger partial charge in [-0.05, 0) is 38.1 Å². The lowest BCUT2D eigenvalue weighted by Gasteiger charge is -2.12. The molecule has 0 atom stereocenters. The third kappa shape index (κ3) is 3.60. The van der Waals surface area contributed by atoms with Gasteiger partial charge in [0.25, 0.3) is 0 Å². The predicted molar refractivity (Wildman–Crippen MR) is 79.0 cm³/mol. The summed E-state index contributed by atoms with van der Waals surface area (Å²) in [7, 11) is 0. The van der Waals surface area contributed by atoms with Crippen molar-refractivity contribution in [2.24, 2.45) is 0 Å². The molecule has 0 amide bonds. The van der Waals surface area contributed by atoms with Gasteiger partial charge < -0.3 is 14.8 Å². The minimum absolute atomic E-state index is 0.0833. The number of hydrogen-bond acceptors (Lipinski definition) is 6. The van der Waals surface area contributed by atoms with Crippen molar-refractivity contribution in [3.63, 3.8) is 0 Å². The summed E-state index contributed by atoms with van der Waals surface area (Å²) in [5.41, 5.74) is 0.958. The fourth-order valence-corrected chi connectivity index (χ4v) is 1.80. The van der Waals surface area contributed by atoms with E-state index in [4.69, 9.17) is 9.47 Å². The van der Waals surface area contributed by atoms with Gasteiger partial charge in [0.2, 0.25) is 0 Å². The molecule has 0 saturated heterocycles. The van der Waals surface area contributed by atoms with Crippen LogP contribution in [0.25, 0.3) is 0 Å². The summed E-state index contributed by atoms with van der Waals surface area (Å²) in [4.78, 5) is 34.8. The summed E-state index contributed by atoms with van der Waals surface area (Å²) < 4.78 is 9.74. The first-order valence-electron chi connectivity index (χ1n) is 6.70. The van der Waals surface area contributed by atoms with E-state index in [2.05, 4.69) is 5.32 Å². The highest BCUT2D eigenvalue weighted by atomic mass is 16.5. The number of carbonyl (C=O) groups excluding carboxylic acids is 3. The van der Waals surface area contributed by atoms with Gasteiger partial charge in [0.15, 0.2) is 5.78 Å². The summed E-state index contributed by atoms with van der Waals surface area (Å²) in [6, 6.07) is 6.46. The highest BCUT2D eigenvalue weighted by molar-refractivity contribution is 6.23. The number of hydrogen-bond donors (Lipinski definition) is 1. The van der Waals surface area contributed by atoms with Crippen LogP contribution in [0.5, 0.6) is 0 Å². The molecule has 1 aromatic carbocycles. The van der Waals surface area contributed by atoms with E-state index in [1.807, 2.05) is 0 Å². The van der Waals surface area contributed by atoms with Gasteiger partial charge in [-0.25, -0.2) is 9.59 Å². The van der Waals surface area contributed by atoms with Crippen LogP contribution in [0.2, 0.25) is 0 Å². The first kappa shape index (κ1) is 15.5. The largest absolute Gasteiger partial charge is 0.462 e. The van der Waals surface area contributed by atoms with Gasteiger partial charge in [-0.2, -0.15) is 0 Å². The van der Waals surface area contributed by atoms with E-state index >= 15 is 0 Å². The zero-order chi connectivity index (χ0) is 16.1. The van der Waals surface area contributed by atoms with Crippen LogP contribution in [0, 0.1) is 0 Å². The van der Waals surface area contributed by atoms with Crippen molar-refractivity contribution >= 4 is 23.4 Å². The molecular formula is C16H15NO5. The molecule has 22 heavy (non-hydrogen) atoms. The van der Waals surface area contributed by atoms with E-state index < -0.39 is 17.7 Å². The first-order chi connectivity index (χ1) is 10.5. The Hall–Kier alpha value is -2.89. The number of esters is 2. The SMILES string of the molecule is CCOC(=O)c1ccc(NC=C2C(=O)C=C(C)OC2=O)cc1. The molecule has 114 valence electrons. The highest BCUT2D eigenvalue weighted by Gasteiger charge is 2.23. The van der Waals surface area contributed by atoms with Crippen LogP contribution in [-0.2, 0) is 19.1 Å². The number of cyclic esters (lactones) is 1. The Kier molecular flexibility index (Phi) is 4.73. The molecule has 0 aliphatic carbocycles. The molecule has 0 radical (unpaired) electrons. The topological polar surface area (TPSA) is 81.7 Å². The number of rotatable bonds is 4. The van der Waals surface area contributed by atoms with Crippen molar-refractivity contribution in [3.8, 4) is 0 Å². The van der Waals surface area contributed by atoms with Gasteiger partial charge in [0, 0.05) is 18.0 Å². The maximum absolute atomic E-state index is 11.7. The Morgan fingerprint density at radius 1 is 1.27 bits per heavy atom. The quantitative estimate of drug-likeness (QED) is 0.521. The molecule has 1 N–H and O–H groups in total. The highest BCUT2D eigenvalue weighted by Crippen LogP contribution is 2.15. The molecule has 0 bridgehead atoms. The van der Waals surface area contributed by atoms with E-state index in [0.29, 0.717) is 17.9 Å². The second kappa shape index (κ2) is 6.71. The fourth-order valence-electron chi connectivity index (χ4n) is 1.80. The van der Waals surface area contributed by atoms with Crippen LogP contribution >= 0.6 is 0 Å². The Balaban J connectivity index is 2.08. The lowest BCUT2D eigenvalue weighted by Crippen LogP contribution is -2.20. The van der Waals surface area contributed by atoms with Gasteiger partial charge >= 0.3 is 11.9 Å². The zero-order valence-corrected chi connectivity index (χ0v) is 12.2. The average Bonchev–Trinajstić information content (AvgIpc) is 2.47. The predicted octanol–water partition coefficient (Wildman–Crippen LogP) is 2.19. The van der Waals surface area contributed by atoms with Gasteiger partial charge in [-0.15, -0.1) is 0 Å². The molecule has 0 fully saturated rings. The molecule has 1 aliphatic rings. The number of carbonyl (C=O) groups is 3. The third-order valence-corrected chi connectivity index (χ3v) is 2.85. The molecule has 0 aromatic heterocycles. The van der Waals surface area contributed by atoms with E-state index in [1.165, 1.54) is 19.2 Å². The summed E-state index contributed by atoms with van der Waals surface area (Å²) in [6.07, 6.45) is 2.53. The van der Waals surface area contributed by atoms with E-state index in [1.54, 1.807) is 31.2 Å². The molecule has 6 nitrogen and oxygen atoms in total. The lowest BCUT2D eigenvalue weighted by atomic mass is 10.1. The molecule has 1 aromatic rings. The Labute approximate surface area is 127 Å². The molecule has 2 rings (SSSR count). The Bertz CT molecular complexity index is 670. The standard InChI is InChI=1S/C16H15NO5/c1-3-21-15(19)11-4-6-12(7-5-11)17-9-13-14(18)8-10(2)22-16(13)20/h4-9,17H,3H2,1-2H3. The van der Waals surface area contributed by atoms with Gasteiger partial charge in [0.1, 0.15) is 11.3 Å². The number of nitrogens with one attached hydrogen (secondary N) is 1. The van der Waals surface area contributed by atoms with Crippen LogP contribution in [0.15, 0.2) is 47.9 Å². The van der Waals surface area contributed by atoms with E-state index in [-0.39, 0.29) is 11.3 Å². The second-order valence-electron chi connectivity index (χ2n) is 4.51. The lowest BCUT2D eigenvalue weighted by molar-refractivity contribution is -0.137. The first-order valence-corrected chi connectivity index (χ1v) is 6.70. The van der Waals surface area contributed by atoms with Crippen molar-refractivity contribution in [3.05, 3.63) is 53.4 Å². The molecule has 0 spiro atoms. The number of ether oxygens (including phenoxy) is 2. The maximum atomic E-state index is 11.7. The molecule has 6 heteroatoms. The minimum Gasteiger partial charge on any atom is -0.462 e. The second-order valence-corrected chi connectivity index (χ2v) is 4.51. The molecular weight excluding hydrogens is 286 g/mol. The minimum atomic E-state index is -0.694. The van der Waals surface area contributed by atoms with E-state index in [9.17, 15) is 14.4 Å². The van der Waals surface area contributed by atoms with Crippen LogP contribution in [0.4, 0.5) is 5.69 Å². The number of allylic oxidation sites excluding steroid dienone is 2. The molecule has 1 aliphatic heterocycles. The summed E-state index contributed by atoms with van der Waals surface area (Å²) in [6.45, 7) is 3.58. The van der Waals surface area contributed by atoms with Crippen LogP contribution in [0.1, 0.15) is 24.2 Å². The normalized spacial score (nSPS) is 16.1. The zero-order valence-electron chi connectivity index (χ0n) is 12.2. The van der Waals surface area contributed by atoms with Crippen molar-refractivity contribution in [2.45, 2.75) is 13.8 Å². The third-order valence-electron chi connectivity index (χ3n) is 2.85. The maximum Gasteiger partial charge on any atom is 0.348 e. The molecule has 0 unspecified atom stereocenters. The number of ketones is 1. The van der Waals surface area contributed by atoms with Crippen LogP contribution in [0.3, 0.4) is 0 Å². The van der Waals surface area contributed by atoms with Gasteiger partial charge in [0.05, 0.1) is 12.2 Å². The number of anilines is 1. The number of benzene rings is 1. The Morgan fingerprint density at radius 3 is 2.55 bits per heavy atom. The fraction of sp³-hybridized carbons (Fsp3) is 0.188. The molecule has 1 heterocycles. The van der Waals surface area contributed by atoms with Crippen LogP contribution in [-0.4, -0.2) is 24.3 Å².